The molecule has 8 heteroatoms. The molecule has 0 radical (unpaired) electrons. The molecular formula is C19H22N2O6. The van der Waals surface area contributed by atoms with Gasteiger partial charge in [0.05, 0.1) is 21.3 Å². The molecule has 1 N–H and O–H groups in total. The van der Waals surface area contributed by atoms with Crippen molar-refractivity contribution in [3.8, 4) is 17.2 Å². The van der Waals surface area contributed by atoms with Gasteiger partial charge in [-0.2, -0.15) is 0 Å². The third kappa shape index (κ3) is 3.47. The summed E-state index contributed by atoms with van der Waals surface area (Å²) in [4.78, 5) is 38.5. The van der Waals surface area contributed by atoms with Crippen LogP contribution < -0.4 is 19.5 Å². The van der Waals surface area contributed by atoms with Crippen LogP contribution in [0.3, 0.4) is 0 Å². The molecule has 27 heavy (non-hydrogen) atoms. The zero-order valence-electron chi connectivity index (χ0n) is 15.5. The van der Waals surface area contributed by atoms with Crippen molar-refractivity contribution in [2.45, 2.75) is 31.7 Å². The number of nitrogens with zero attached hydrogens (tertiary/aromatic N) is 1. The summed E-state index contributed by atoms with van der Waals surface area (Å²) in [6.45, 7) is 0. The van der Waals surface area contributed by atoms with Gasteiger partial charge in [0.25, 0.3) is 11.8 Å². The van der Waals surface area contributed by atoms with E-state index in [1.54, 1.807) is 12.1 Å². The zero-order chi connectivity index (χ0) is 19.6. The van der Waals surface area contributed by atoms with Gasteiger partial charge in [0, 0.05) is 6.04 Å². The van der Waals surface area contributed by atoms with Crippen LogP contribution in [0.5, 0.6) is 17.2 Å². The first-order valence-corrected chi connectivity index (χ1v) is 8.70. The first-order valence-electron chi connectivity index (χ1n) is 8.70. The summed E-state index contributed by atoms with van der Waals surface area (Å²) in [7, 11) is 4.45. The van der Waals surface area contributed by atoms with Crippen LogP contribution in [0.2, 0.25) is 0 Å². The highest BCUT2D eigenvalue weighted by Gasteiger charge is 2.40. The minimum Gasteiger partial charge on any atom is -0.493 e. The lowest BCUT2D eigenvalue weighted by atomic mass is 10.0. The highest BCUT2D eigenvalue weighted by molar-refractivity contribution is 6.31. The monoisotopic (exact) mass is 374 g/mol. The molecule has 1 aliphatic heterocycles. The molecule has 1 aromatic rings. The summed E-state index contributed by atoms with van der Waals surface area (Å²) in [5, 5.41) is 2.26. The highest BCUT2D eigenvalue weighted by Crippen LogP contribution is 2.39. The molecule has 0 spiro atoms. The maximum atomic E-state index is 12.9. The number of hydrogen-bond donors (Lipinski definition) is 1. The summed E-state index contributed by atoms with van der Waals surface area (Å²) in [6.07, 6.45) is 4.86. The van der Waals surface area contributed by atoms with Crippen molar-refractivity contribution in [3.05, 3.63) is 23.3 Å². The molecule has 0 bridgehead atoms. The first kappa shape index (κ1) is 18.8. The van der Waals surface area contributed by atoms with Gasteiger partial charge in [0.2, 0.25) is 5.75 Å². The molecule has 8 nitrogen and oxygen atoms in total. The average molecular weight is 374 g/mol. The molecule has 2 fully saturated rings. The number of carbonyl (C=O) groups excluding carboxylic acids is 3. The summed E-state index contributed by atoms with van der Waals surface area (Å²) in [6, 6.07) is 2.43. The van der Waals surface area contributed by atoms with E-state index in [4.69, 9.17) is 14.2 Å². The molecule has 0 aromatic heterocycles. The second-order valence-corrected chi connectivity index (χ2v) is 6.39. The standard InChI is InChI=1S/C19H22N2O6/c1-25-14-9-11(10-15(26-2)16(14)27-3)8-13-17(22)20-19(24)21(18(13)23)12-6-4-5-7-12/h8-10,12H,4-7H2,1-3H3,(H,20,22,24). The molecule has 0 atom stereocenters. The predicted octanol–water partition coefficient (Wildman–Crippen LogP) is 2.12. The third-order valence-electron chi connectivity index (χ3n) is 4.82. The second kappa shape index (κ2) is 7.69. The van der Waals surface area contributed by atoms with E-state index in [1.165, 1.54) is 27.4 Å². The normalized spacial score (nSPS) is 19.4. The van der Waals surface area contributed by atoms with Crippen LogP contribution in [-0.2, 0) is 9.59 Å². The maximum Gasteiger partial charge on any atom is 0.331 e. The van der Waals surface area contributed by atoms with E-state index in [2.05, 4.69) is 5.32 Å². The van der Waals surface area contributed by atoms with Gasteiger partial charge in [-0.1, -0.05) is 12.8 Å². The van der Waals surface area contributed by atoms with E-state index < -0.39 is 17.8 Å². The van der Waals surface area contributed by atoms with Crippen LogP contribution in [0.15, 0.2) is 17.7 Å². The number of rotatable bonds is 5. The zero-order valence-corrected chi connectivity index (χ0v) is 15.5. The summed E-state index contributed by atoms with van der Waals surface area (Å²) >= 11 is 0. The van der Waals surface area contributed by atoms with Crippen LogP contribution in [0.1, 0.15) is 31.2 Å². The van der Waals surface area contributed by atoms with Gasteiger partial charge >= 0.3 is 6.03 Å². The maximum absolute atomic E-state index is 12.9. The Labute approximate surface area is 157 Å². The minimum absolute atomic E-state index is 0.101. The molecule has 1 saturated heterocycles. The largest absolute Gasteiger partial charge is 0.493 e. The molecule has 1 aromatic carbocycles. The van der Waals surface area contributed by atoms with Gasteiger partial charge in [-0.05, 0) is 36.6 Å². The number of nitrogens with one attached hydrogen (secondary N) is 1. The number of imide groups is 2. The van der Waals surface area contributed by atoms with Gasteiger partial charge in [-0.25, -0.2) is 4.79 Å². The lowest BCUT2D eigenvalue weighted by Gasteiger charge is -2.31. The summed E-state index contributed by atoms with van der Waals surface area (Å²) in [5.74, 6) is -0.0890. The smallest absolute Gasteiger partial charge is 0.331 e. The number of hydrogen-bond acceptors (Lipinski definition) is 6. The highest BCUT2D eigenvalue weighted by atomic mass is 16.5. The van der Waals surface area contributed by atoms with Gasteiger partial charge in [-0.3, -0.25) is 19.8 Å². The number of ether oxygens (including phenoxy) is 3. The minimum atomic E-state index is -0.715. The fraction of sp³-hybridized carbons (Fsp3) is 0.421. The molecule has 0 unspecified atom stereocenters. The Morgan fingerprint density at radius 3 is 2.11 bits per heavy atom. The number of amides is 4. The van der Waals surface area contributed by atoms with Crippen LogP contribution in [0.25, 0.3) is 6.08 Å². The van der Waals surface area contributed by atoms with E-state index >= 15 is 0 Å². The van der Waals surface area contributed by atoms with Crippen molar-refractivity contribution < 1.29 is 28.6 Å². The Kier molecular flexibility index (Phi) is 5.34. The predicted molar refractivity (Wildman–Crippen MR) is 96.7 cm³/mol. The van der Waals surface area contributed by atoms with Gasteiger partial charge < -0.3 is 14.2 Å². The van der Waals surface area contributed by atoms with E-state index in [0.29, 0.717) is 22.8 Å². The van der Waals surface area contributed by atoms with Crippen molar-refractivity contribution in [3.63, 3.8) is 0 Å². The Balaban J connectivity index is 2.00. The fourth-order valence-corrected chi connectivity index (χ4v) is 3.52. The van der Waals surface area contributed by atoms with Crippen molar-refractivity contribution >= 4 is 23.9 Å². The number of carbonyl (C=O) groups is 3. The van der Waals surface area contributed by atoms with Crippen LogP contribution in [0.4, 0.5) is 4.79 Å². The summed E-state index contributed by atoms with van der Waals surface area (Å²) < 4.78 is 15.9. The van der Waals surface area contributed by atoms with Gasteiger partial charge in [0.15, 0.2) is 11.5 Å². The molecule has 144 valence electrons. The Hall–Kier alpha value is -3.03. The topological polar surface area (TPSA) is 94.2 Å². The Bertz CT molecular complexity index is 785. The van der Waals surface area contributed by atoms with E-state index in [0.717, 1.165) is 30.6 Å². The van der Waals surface area contributed by atoms with E-state index in [-0.39, 0.29) is 11.6 Å². The lowest BCUT2D eigenvalue weighted by Crippen LogP contribution is -2.57. The molecule has 2 aliphatic rings. The van der Waals surface area contributed by atoms with Gasteiger partial charge in [-0.15, -0.1) is 0 Å². The van der Waals surface area contributed by atoms with Crippen LogP contribution in [-0.4, -0.2) is 50.1 Å². The fourth-order valence-electron chi connectivity index (χ4n) is 3.52. The number of barbiturate groups is 1. The average Bonchev–Trinajstić information content (AvgIpc) is 3.18. The van der Waals surface area contributed by atoms with Crippen LogP contribution >= 0.6 is 0 Å². The number of methoxy groups -OCH3 is 3. The SMILES string of the molecule is COc1cc(C=C2C(=O)NC(=O)N(C3CCCC3)C2=O)cc(OC)c1OC. The molecular weight excluding hydrogens is 352 g/mol. The second-order valence-electron chi connectivity index (χ2n) is 6.39. The molecule has 4 amide bonds. The van der Waals surface area contributed by atoms with E-state index in [9.17, 15) is 14.4 Å². The first-order chi connectivity index (χ1) is 13.0. The van der Waals surface area contributed by atoms with Crippen molar-refractivity contribution in [1.82, 2.24) is 10.2 Å². The molecule has 1 saturated carbocycles. The molecule has 1 aliphatic carbocycles. The summed E-state index contributed by atoms with van der Waals surface area (Å²) in [5.41, 5.74) is 0.416. The molecule has 1 heterocycles. The van der Waals surface area contributed by atoms with Crippen molar-refractivity contribution in [2.75, 3.05) is 21.3 Å². The van der Waals surface area contributed by atoms with E-state index in [1.807, 2.05) is 0 Å². The Morgan fingerprint density at radius 1 is 1.00 bits per heavy atom. The molecule has 3 rings (SSSR count). The number of benzene rings is 1. The third-order valence-corrected chi connectivity index (χ3v) is 4.82. The van der Waals surface area contributed by atoms with Gasteiger partial charge in [0.1, 0.15) is 5.57 Å². The quantitative estimate of drug-likeness (QED) is 0.627. The van der Waals surface area contributed by atoms with Crippen LogP contribution in [0, 0.1) is 0 Å². The van der Waals surface area contributed by atoms with Crippen molar-refractivity contribution in [1.29, 1.82) is 0 Å². The van der Waals surface area contributed by atoms with Crippen molar-refractivity contribution in [2.24, 2.45) is 0 Å². The lowest BCUT2D eigenvalue weighted by molar-refractivity contribution is -0.131. The Morgan fingerprint density at radius 2 is 1.59 bits per heavy atom. The number of urea groups is 1.